The first kappa shape index (κ1) is 27.2. The van der Waals surface area contributed by atoms with Crippen LogP contribution in [0.5, 0.6) is 17.2 Å². The molecule has 208 valence electrons. The average Bonchev–Trinajstić information content (AvgIpc) is 2.94. The Balaban J connectivity index is 1.64. The molecule has 11 nitrogen and oxygen atoms in total. The number of phenolic OH excluding ortho intramolecular Hbond substituents is 2. The van der Waals surface area contributed by atoms with Crippen molar-refractivity contribution in [3.05, 3.63) is 51.6 Å². The topological polar surface area (TPSA) is 172 Å². The van der Waals surface area contributed by atoms with E-state index < -0.39 is 66.0 Å². The molecule has 11 heteroatoms. The number of fused-ring (bicyclic) bond motifs is 3. The second kappa shape index (κ2) is 10.3. The second-order valence-electron chi connectivity index (χ2n) is 10.2. The molecule has 1 saturated heterocycles. The molecule has 0 radical (unpaired) electrons. The van der Waals surface area contributed by atoms with Gasteiger partial charge in [-0.15, -0.1) is 0 Å². The van der Waals surface area contributed by atoms with E-state index in [9.17, 15) is 34.8 Å². The summed E-state index contributed by atoms with van der Waals surface area (Å²) in [6.45, 7) is 0.951. The number of hydrogen-bond donors (Lipinski definition) is 5. The predicted octanol–water partition coefficient (Wildman–Crippen LogP) is 1.15. The van der Waals surface area contributed by atoms with Crippen LogP contribution in [0.1, 0.15) is 68.8 Å². The number of rotatable bonds is 6. The molecular weight excluding hydrogens is 510 g/mol. The number of phenols is 2. The maximum Gasteiger partial charge on any atom is 0.202 e. The van der Waals surface area contributed by atoms with Crippen LogP contribution in [-0.4, -0.2) is 83.1 Å². The van der Waals surface area contributed by atoms with Crippen LogP contribution in [0.25, 0.3) is 0 Å². The zero-order chi connectivity index (χ0) is 28.2. The molecule has 0 saturated carbocycles. The Kier molecular flexibility index (Phi) is 7.21. The van der Waals surface area contributed by atoms with Gasteiger partial charge in [-0.2, -0.15) is 0 Å². The van der Waals surface area contributed by atoms with E-state index in [1.165, 1.54) is 19.2 Å². The molecule has 5 rings (SSSR count). The van der Waals surface area contributed by atoms with Crippen LogP contribution in [0, 0.1) is 5.92 Å². The maximum atomic E-state index is 13.7. The summed E-state index contributed by atoms with van der Waals surface area (Å²) in [7, 11) is 3.05. The summed E-state index contributed by atoms with van der Waals surface area (Å²) in [5, 5.41) is 45.9. The smallest absolute Gasteiger partial charge is 0.202 e. The van der Waals surface area contributed by atoms with Gasteiger partial charge in [-0.25, -0.2) is 0 Å². The van der Waals surface area contributed by atoms with Gasteiger partial charge in [0.2, 0.25) is 5.78 Å². The Bertz CT molecular complexity index is 1350. The van der Waals surface area contributed by atoms with Crippen LogP contribution in [0.2, 0.25) is 0 Å². The largest absolute Gasteiger partial charge is 0.507 e. The van der Waals surface area contributed by atoms with Crippen molar-refractivity contribution in [1.82, 2.24) is 5.32 Å². The minimum Gasteiger partial charge on any atom is -0.507 e. The molecule has 1 fully saturated rings. The summed E-state index contributed by atoms with van der Waals surface area (Å²) in [4.78, 5) is 39.8. The molecule has 2 aliphatic carbocycles. The average molecular weight is 542 g/mol. The minimum atomic E-state index is -1.03. The van der Waals surface area contributed by atoms with Crippen LogP contribution >= 0.6 is 0 Å². The number of likely N-dealkylation sites (N-methyl/N-ethyl adjacent to an activating group) is 1. The molecular formula is C28H31NO10. The molecule has 0 bridgehead atoms. The summed E-state index contributed by atoms with van der Waals surface area (Å²) >= 11 is 0. The Morgan fingerprint density at radius 1 is 1.10 bits per heavy atom. The molecule has 0 amide bonds. The first-order chi connectivity index (χ1) is 18.6. The van der Waals surface area contributed by atoms with Gasteiger partial charge in [0.1, 0.15) is 23.9 Å². The van der Waals surface area contributed by atoms with E-state index in [0.29, 0.717) is 0 Å². The fourth-order valence-corrected chi connectivity index (χ4v) is 5.99. The number of aliphatic hydroxyl groups excluding tert-OH is 2. The normalized spacial score (nSPS) is 27.9. The molecule has 0 aromatic heterocycles. The van der Waals surface area contributed by atoms with E-state index in [1.807, 2.05) is 0 Å². The summed E-state index contributed by atoms with van der Waals surface area (Å²) in [6, 6.07) is 4.15. The van der Waals surface area contributed by atoms with Gasteiger partial charge in [-0.05, 0) is 32.9 Å². The van der Waals surface area contributed by atoms with Gasteiger partial charge in [-0.3, -0.25) is 14.4 Å². The number of carbonyl (C=O) groups excluding carboxylic acids is 3. The first-order valence-corrected chi connectivity index (χ1v) is 12.8. The van der Waals surface area contributed by atoms with Crippen LogP contribution in [-0.2, 0) is 20.7 Å². The van der Waals surface area contributed by atoms with E-state index in [0.717, 1.165) is 0 Å². The number of benzene rings is 2. The number of ketones is 3. The zero-order valence-electron chi connectivity index (χ0n) is 21.8. The van der Waals surface area contributed by atoms with Gasteiger partial charge in [0.05, 0.1) is 42.1 Å². The minimum absolute atomic E-state index is 0.0225. The van der Waals surface area contributed by atoms with Gasteiger partial charge in [-0.1, -0.05) is 12.1 Å². The lowest BCUT2D eigenvalue weighted by Crippen LogP contribution is -2.53. The lowest BCUT2D eigenvalue weighted by Gasteiger charge is -2.41. The molecule has 1 heterocycles. The number of Topliss-reactive ketones (excluding diaryl/α,β-unsaturated/α-hetero) is 1. The van der Waals surface area contributed by atoms with E-state index in [2.05, 4.69) is 5.32 Å². The molecule has 39 heavy (non-hydrogen) atoms. The van der Waals surface area contributed by atoms with Crippen LogP contribution < -0.4 is 10.1 Å². The SMILES string of the molecule is CN[C@H]1C[C@H](O[C@H]2C[C@H](C(=O)CO)Cc3c(O)c4c(c(O)c32)C(=O)c2c(OC)cccc2C4=O)O[C@@H](C)[C@H]1O. The number of nitrogens with one attached hydrogen (secondary N) is 1. The fraction of sp³-hybridized carbons (Fsp3) is 0.464. The highest BCUT2D eigenvalue weighted by molar-refractivity contribution is 6.31. The van der Waals surface area contributed by atoms with E-state index >= 15 is 0 Å². The van der Waals surface area contributed by atoms with Crippen LogP contribution in [0.15, 0.2) is 18.2 Å². The number of aliphatic hydroxyl groups is 2. The molecule has 3 aliphatic rings. The molecule has 2 aromatic carbocycles. The molecule has 5 N–H and O–H groups in total. The molecule has 2 aromatic rings. The van der Waals surface area contributed by atoms with Crippen molar-refractivity contribution in [1.29, 1.82) is 0 Å². The van der Waals surface area contributed by atoms with Crippen molar-refractivity contribution in [2.24, 2.45) is 5.92 Å². The monoisotopic (exact) mass is 541 g/mol. The van der Waals surface area contributed by atoms with Crippen molar-refractivity contribution < 1.29 is 49.0 Å². The number of carbonyl (C=O) groups is 3. The summed E-state index contributed by atoms with van der Waals surface area (Å²) in [5.74, 6) is -3.54. The summed E-state index contributed by atoms with van der Waals surface area (Å²) in [5.41, 5.74) is -0.547. The summed E-state index contributed by atoms with van der Waals surface area (Å²) < 4.78 is 17.4. The van der Waals surface area contributed by atoms with Gasteiger partial charge in [0.25, 0.3) is 0 Å². The van der Waals surface area contributed by atoms with Crippen LogP contribution in [0.4, 0.5) is 0 Å². The highest BCUT2D eigenvalue weighted by Crippen LogP contribution is 2.51. The Morgan fingerprint density at radius 3 is 2.49 bits per heavy atom. The third-order valence-corrected chi connectivity index (χ3v) is 8.04. The number of aromatic hydroxyl groups is 2. The van der Waals surface area contributed by atoms with Crippen molar-refractivity contribution in [2.75, 3.05) is 20.8 Å². The highest BCUT2D eigenvalue weighted by atomic mass is 16.7. The van der Waals surface area contributed by atoms with E-state index in [1.54, 1.807) is 20.0 Å². The molecule has 0 spiro atoms. The van der Waals surface area contributed by atoms with Crippen molar-refractivity contribution >= 4 is 17.3 Å². The van der Waals surface area contributed by atoms with Gasteiger partial charge in [0.15, 0.2) is 17.9 Å². The van der Waals surface area contributed by atoms with Crippen molar-refractivity contribution in [3.63, 3.8) is 0 Å². The highest BCUT2D eigenvalue weighted by Gasteiger charge is 2.45. The lowest BCUT2D eigenvalue weighted by molar-refractivity contribution is -0.245. The lowest BCUT2D eigenvalue weighted by atomic mass is 9.73. The second-order valence-corrected chi connectivity index (χ2v) is 10.2. The predicted molar refractivity (Wildman–Crippen MR) is 135 cm³/mol. The Hall–Kier alpha value is -3.35. The van der Waals surface area contributed by atoms with E-state index in [-0.39, 0.29) is 64.4 Å². The Labute approximate surface area is 224 Å². The standard InChI is InChI=1S/C28H31NO10/c1-11-24(32)15(29-2)9-19(38-11)39-18-8-12(16(31)10-30)7-14-21(18)28(36)23-22(26(14)34)25(33)13-5-4-6-17(37-3)20(13)27(23)35/h4-6,11-12,15,18-19,24,29-30,32,34,36H,7-10H2,1-3H3/t11-,12+,15-,18-,19-,24+/m0/s1. The maximum absolute atomic E-state index is 13.7. The van der Waals surface area contributed by atoms with Crippen LogP contribution in [0.3, 0.4) is 0 Å². The summed E-state index contributed by atoms with van der Waals surface area (Å²) in [6.07, 6.45) is -3.08. The number of hydrogen-bond acceptors (Lipinski definition) is 11. The number of methoxy groups -OCH3 is 1. The molecule has 6 atom stereocenters. The van der Waals surface area contributed by atoms with Crippen molar-refractivity contribution in [2.45, 2.75) is 56.8 Å². The Morgan fingerprint density at radius 2 is 1.82 bits per heavy atom. The third-order valence-electron chi connectivity index (χ3n) is 8.04. The molecule has 0 unspecified atom stereocenters. The number of ether oxygens (including phenoxy) is 3. The molecule has 1 aliphatic heterocycles. The van der Waals surface area contributed by atoms with Crippen molar-refractivity contribution in [3.8, 4) is 17.2 Å². The first-order valence-electron chi connectivity index (χ1n) is 12.8. The van der Waals surface area contributed by atoms with Gasteiger partial charge in [0, 0.05) is 35.1 Å². The fourth-order valence-electron chi connectivity index (χ4n) is 5.99. The van der Waals surface area contributed by atoms with E-state index in [4.69, 9.17) is 14.2 Å². The third kappa shape index (κ3) is 4.30. The van der Waals surface area contributed by atoms with Gasteiger partial charge >= 0.3 is 0 Å². The van der Waals surface area contributed by atoms with Gasteiger partial charge < -0.3 is 40.0 Å². The quantitative estimate of drug-likeness (QED) is 0.283. The zero-order valence-corrected chi connectivity index (χ0v) is 21.8.